The molecule has 7 rings (SSSR count). The van der Waals surface area contributed by atoms with E-state index in [2.05, 4.69) is 26.1 Å². The molecule has 4 aromatic carbocycles. The Labute approximate surface area is 297 Å². The summed E-state index contributed by atoms with van der Waals surface area (Å²) in [6.07, 6.45) is 0. The minimum absolute atomic E-state index is 0.104. The van der Waals surface area contributed by atoms with E-state index in [9.17, 15) is 24.0 Å². The van der Waals surface area contributed by atoms with Crippen LogP contribution in [0, 0.1) is 5.92 Å². The molecule has 1 N–H and O–H groups in total. The summed E-state index contributed by atoms with van der Waals surface area (Å²) in [6.45, 7) is 8.04. The first-order valence-electron chi connectivity index (χ1n) is 16.4. The third kappa shape index (κ3) is 6.05. The number of carbonyl (C=O) groups is 4. The molecule has 1 fully saturated rings. The summed E-state index contributed by atoms with van der Waals surface area (Å²) in [5.41, 5.74) is 3.08. The predicted molar refractivity (Wildman–Crippen MR) is 196 cm³/mol. The van der Waals surface area contributed by atoms with Crippen LogP contribution in [0.25, 0.3) is 10.8 Å². The van der Waals surface area contributed by atoms with Crippen LogP contribution >= 0.6 is 23.1 Å². The van der Waals surface area contributed by atoms with E-state index < -0.39 is 29.0 Å². The predicted octanol–water partition coefficient (Wildman–Crippen LogP) is 6.97. The van der Waals surface area contributed by atoms with Gasteiger partial charge in [-0.3, -0.25) is 23.7 Å². The topological polar surface area (TPSA) is 115 Å². The zero-order chi connectivity index (χ0) is 35.3. The Morgan fingerprint density at radius 1 is 0.860 bits per heavy atom. The highest BCUT2D eigenvalue weighted by Crippen LogP contribution is 2.54. The van der Waals surface area contributed by atoms with E-state index in [0.717, 1.165) is 45.0 Å². The van der Waals surface area contributed by atoms with Crippen LogP contribution in [0.5, 0.6) is 0 Å². The molecule has 3 amide bonds. The quantitative estimate of drug-likeness (QED) is 0.144. The third-order valence-corrected chi connectivity index (χ3v) is 11.8. The lowest BCUT2D eigenvalue weighted by Gasteiger charge is -2.31. The maximum atomic E-state index is 14.3. The van der Waals surface area contributed by atoms with Crippen LogP contribution in [0.3, 0.4) is 0 Å². The first-order valence-corrected chi connectivity index (χ1v) is 18.1. The van der Waals surface area contributed by atoms with Crippen molar-refractivity contribution in [1.82, 2.24) is 4.57 Å². The number of amides is 3. The fraction of sp³-hybridized carbons (Fsp3) is 0.256. The van der Waals surface area contributed by atoms with Crippen LogP contribution in [0.2, 0.25) is 0 Å². The van der Waals surface area contributed by atoms with Gasteiger partial charge in [-0.15, -0.1) is 0 Å². The van der Waals surface area contributed by atoms with Gasteiger partial charge in [0.05, 0.1) is 28.8 Å². The largest absolute Gasteiger partial charge is 0.462 e. The minimum Gasteiger partial charge on any atom is -0.462 e. The van der Waals surface area contributed by atoms with Gasteiger partial charge < -0.3 is 10.1 Å². The van der Waals surface area contributed by atoms with Gasteiger partial charge in [0.25, 0.3) is 0 Å². The van der Waals surface area contributed by atoms with Gasteiger partial charge in [-0.1, -0.05) is 98.5 Å². The average molecular weight is 706 g/mol. The first kappa shape index (κ1) is 33.5. The summed E-state index contributed by atoms with van der Waals surface area (Å²) in [5.74, 6) is -3.05. The second-order valence-electron chi connectivity index (χ2n) is 13.4. The molecule has 11 heteroatoms. The number of nitrogens with one attached hydrogen (secondary N) is 1. The van der Waals surface area contributed by atoms with Crippen molar-refractivity contribution >= 4 is 68.9 Å². The van der Waals surface area contributed by atoms with Gasteiger partial charge in [-0.25, -0.2) is 9.69 Å². The molecule has 2 unspecified atom stereocenters. The van der Waals surface area contributed by atoms with E-state index in [1.807, 2.05) is 66.7 Å². The van der Waals surface area contributed by atoms with Crippen molar-refractivity contribution in [3.63, 3.8) is 0 Å². The van der Waals surface area contributed by atoms with Gasteiger partial charge in [0.2, 0.25) is 17.7 Å². The van der Waals surface area contributed by atoms with Crippen molar-refractivity contribution in [1.29, 1.82) is 0 Å². The summed E-state index contributed by atoms with van der Waals surface area (Å²) in [7, 11) is 0. The lowest BCUT2D eigenvalue weighted by molar-refractivity contribution is -0.122. The zero-order valence-corrected chi connectivity index (χ0v) is 29.6. The summed E-state index contributed by atoms with van der Waals surface area (Å²) < 4.78 is 6.50. The number of anilines is 2. The highest BCUT2D eigenvalue weighted by Gasteiger charge is 2.56. The maximum Gasteiger partial charge on any atom is 0.338 e. The van der Waals surface area contributed by atoms with Gasteiger partial charge in [0.1, 0.15) is 11.8 Å². The molecule has 254 valence electrons. The standard InChI is InChI=1S/C39H35N3O6S2/c1-5-48-37(46)24-13-18-28(19-14-24)42-34(44)31-30(23-10-15-26(16-11-23)39(2,3)4)33-36(49-32(31)35(42)45)41(38(47)50-33)21-29(43)40-27-17-12-22-8-6-7-9-25(22)20-27/h6-20,30-32H,5,21H2,1-4H3,(H,40,43)/t30-,31?,32?/m1/s1. The summed E-state index contributed by atoms with van der Waals surface area (Å²) in [6, 6.07) is 27.7. The molecule has 3 heterocycles. The number of thioether (sulfide) groups is 1. The lowest BCUT2D eigenvalue weighted by atomic mass is 9.81. The van der Waals surface area contributed by atoms with Crippen LogP contribution < -0.4 is 15.1 Å². The highest BCUT2D eigenvalue weighted by atomic mass is 32.2. The Hall–Kier alpha value is -5.00. The molecule has 0 spiro atoms. The number of imide groups is 1. The van der Waals surface area contributed by atoms with Gasteiger partial charge >= 0.3 is 10.8 Å². The van der Waals surface area contributed by atoms with Crippen LogP contribution in [0.15, 0.2) is 101 Å². The van der Waals surface area contributed by atoms with Crippen LogP contribution in [0.4, 0.5) is 11.4 Å². The molecule has 1 saturated heterocycles. The monoisotopic (exact) mass is 705 g/mol. The van der Waals surface area contributed by atoms with Crippen molar-refractivity contribution in [2.75, 3.05) is 16.8 Å². The number of aromatic nitrogens is 1. The number of hydrogen-bond acceptors (Lipinski definition) is 8. The number of benzene rings is 4. The molecule has 2 aliphatic rings. The normalized spacial score (nSPS) is 18.6. The first-order chi connectivity index (χ1) is 23.9. The Bertz CT molecular complexity index is 2220. The fourth-order valence-electron chi connectivity index (χ4n) is 6.63. The van der Waals surface area contributed by atoms with Gasteiger partial charge in [-0.2, -0.15) is 0 Å². The molecule has 2 aliphatic heterocycles. The van der Waals surface area contributed by atoms with Crippen molar-refractivity contribution < 1.29 is 23.9 Å². The minimum atomic E-state index is -0.837. The van der Waals surface area contributed by atoms with Crippen molar-refractivity contribution in [2.45, 2.75) is 55.8 Å². The Morgan fingerprint density at radius 3 is 2.24 bits per heavy atom. The van der Waals surface area contributed by atoms with Gasteiger partial charge in [0.15, 0.2) is 0 Å². The van der Waals surface area contributed by atoms with Gasteiger partial charge in [-0.05, 0) is 70.6 Å². The molecule has 1 aromatic heterocycles. The molecule has 0 saturated carbocycles. The molecule has 0 bridgehead atoms. The van der Waals surface area contributed by atoms with E-state index in [-0.39, 0.29) is 35.3 Å². The molecular weight excluding hydrogens is 671 g/mol. The summed E-state index contributed by atoms with van der Waals surface area (Å²) in [5, 5.41) is 4.61. The third-order valence-electron chi connectivity index (χ3n) is 9.16. The van der Waals surface area contributed by atoms with Crippen molar-refractivity contribution in [2.24, 2.45) is 5.92 Å². The lowest BCUT2D eigenvalue weighted by Crippen LogP contribution is -2.33. The number of hydrogen-bond donors (Lipinski definition) is 1. The molecular formula is C39H35N3O6S2. The molecule has 50 heavy (non-hydrogen) atoms. The van der Waals surface area contributed by atoms with Crippen LogP contribution in [-0.4, -0.2) is 40.1 Å². The van der Waals surface area contributed by atoms with E-state index >= 15 is 0 Å². The van der Waals surface area contributed by atoms with Crippen LogP contribution in [0.1, 0.15) is 60.0 Å². The van der Waals surface area contributed by atoms with Crippen LogP contribution in [-0.2, 0) is 31.1 Å². The maximum absolute atomic E-state index is 14.3. The number of esters is 1. The Kier molecular flexibility index (Phi) is 8.73. The highest BCUT2D eigenvalue weighted by molar-refractivity contribution is 8.00. The number of nitrogens with zero attached hydrogens (tertiary/aromatic N) is 2. The Morgan fingerprint density at radius 2 is 1.56 bits per heavy atom. The second kappa shape index (κ2) is 13.0. The number of thiazole rings is 1. The average Bonchev–Trinajstić information content (AvgIpc) is 3.54. The van der Waals surface area contributed by atoms with E-state index in [1.165, 1.54) is 21.6 Å². The van der Waals surface area contributed by atoms with E-state index in [1.54, 1.807) is 19.1 Å². The molecule has 0 radical (unpaired) electrons. The second-order valence-corrected chi connectivity index (χ2v) is 15.6. The fourth-order valence-corrected chi connectivity index (χ4v) is 9.40. The van der Waals surface area contributed by atoms with E-state index in [0.29, 0.717) is 26.8 Å². The van der Waals surface area contributed by atoms with E-state index in [4.69, 9.17) is 4.74 Å². The number of rotatable bonds is 7. The summed E-state index contributed by atoms with van der Waals surface area (Å²) in [4.78, 5) is 69.2. The molecule has 0 aliphatic carbocycles. The number of ether oxygens (including phenoxy) is 1. The number of carbonyl (C=O) groups excluding carboxylic acids is 4. The molecule has 5 aromatic rings. The molecule has 3 atom stereocenters. The number of fused-ring (bicyclic) bond motifs is 3. The van der Waals surface area contributed by atoms with Crippen molar-refractivity contribution in [3.05, 3.63) is 122 Å². The van der Waals surface area contributed by atoms with Gasteiger partial charge in [0, 0.05) is 16.5 Å². The Balaban J connectivity index is 1.25. The smallest absolute Gasteiger partial charge is 0.338 e. The zero-order valence-electron chi connectivity index (χ0n) is 28.0. The molecule has 9 nitrogen and oxygen atoms in total. The SMILES string of the molecule is CCOC(=O)c1ccc(N2C(=O)C3Sc4c(sc(=O)n4CC(=O)Nc4ccc5ccccc5c4)[C@H](c4ccc(C(C)(C)C)cc4)C3C2=O)cc1. The summed E-state index contributed by atoms with van der Waals surface area (Å²) >= 11 is 2.17. The van der Waals surface area contributed by atoms with Crippen molar-refractivity contribution in [3.8, 4) is 0 Å².